The van der Waals surface area contributed by atoms with Crippen molar-refractivity contribution >= 4 is 23.5 Å². The van der Waals surface area contributed by atoms with Crippen LogP contribution in [0.3, 0.4) is 0 Å². The van der Waals surface area contributed by atoms with E-state index in [0.29, 0.717) is 6.42 Å². The number of carbonyl (C=O) groups excluding carboxylic acids is 1. The van der Waals surface area contributed by atoms with Gasteiger partial charge in [0.25, 0.3) is 0 Å². The molecular weight excluding hydrogens is 260 g/mol. The number of anilines is 1. The van der Waals surface area contributed by atoms with Crippen molar-refractivity contribution in [3.05, 3.63) is 29.3 Å². The van der Waals surface area contributed by atoms with Crippen LogP contribution in [0.25, 0.3) is 0 Å². The number of rotatable bonds is 6. The molecule has 0 heterocycles. The summed E-state index contributed by atoms with van der Waals surface area (Å²) in [4.78, 5) is 12.0. The fraction of sp³-hybridized carbons (Fsp3) is 0.500. The molecule has 1 aromatic rings. The Balaban J connectivity index is 2.63. The van der Waals surface area contributed by atoms with E-state index in [-0.39, 0.29) is 18.7 Å². The molecule has 0 radical (unpaired) electrons. The predicted molar refractivity (Wildman–Crippen MR) is 81.9 cm³/mol. The Morgan fingerprint density at radius 1 is 1.37 bits per heavy atom. The summed E-state index contributed by atoms with van der Waals surface area (Å²) in [7, 11) is 0. The summed E-state index contributed by atoms with van der Waals surface area (Å²) in [5.74, 6) is 0.792. The zero-order chi connectivity index (χ0) is 14.3. The normalized spacial score (nSPS) is 12.0. The van der Waals surface area contributed by atoms with E-state index in [4.69, 9.17) is 5.11 Å². The first-order valence-electron chi connectivity index (χ1n) is 6.32. The van der Waals surface area contributed by atoms with Crippen molar-refractivity contribution in [2.75, 3.05) is 23.9 Å². The van der Waals surface area contributed by atoms with Crippen molar-refractivity contribution in [1.29, 1.82) is 0 Å². The van der Waals surface area contributed by atoms with Gasteiger partial charge in [0.15, 0.2) is 0 Å². The molecule has 3 N–H and O–H groups in total. The number of hydrogen-bond acceptors (Lipinski definition) is 3. The van der Waals surface area contributed by atoms with Crippen molar-refractivity contribution < 1.29 is 9.90 Å². The number of para-hydroxylation sites is 1. The van der Waals surface area contributed by atoms with Crippen LogP contribution in [0.1, 0.15) is 17.5 Å². The van der Waals surface area contributed by atoms with Gasteiger partial charge in [-0.15, -0.1) is 0 Å². The highest BCUT2D eigenvalue weighted by atomic mass is 32.2. The van der Waals surface area contributed by atoms with Gasteiger partial charge in [-0.2, -0.15) is 11.8 Å². The van der Waals surface area contributed by atoms with Gasteiger partial charge in [-0.25, -0.2) is 4.79 Å². The molecule has 0 aliphatic rings. The highest BCUT2D eigenvalue weighted by molar-refractivity contribution is 7.98. The highest BCUT2D eigenvalue weighted by Gasteiger charge is 2.12. The lowest BCUT2D eigenvalue weighted by molar-refractivity contribution is 0.241. The minimum absolute atomic E-state index is 0.00988. The number of hydrogen-bond donors (Lipinski definition) is 3. The van der Waals surface area contributed by atoms with Gasteiger partial charge in [0.1, 0.15) is 0 Å². The van der Waals surface area contributed by atoms with E-state index in [1.54, 1.807) is 11.8 Å². The maximum atomic E-state index is 12.0. The number of benzene rings is 1. The third-order valence-electron chi connectivity index (χ3n) is 2.90. The molecule has 2 amide bonds. The van der Waals surface area contributed by atoms with E-state index in [1.165, 1.54) is 0 Å². The minimum atomic E-state index is -0.218. The van der Waals surface area contributed by atoms with Crippen LogP contribution in [-0.4, -0.2) is 35.8 Å². The Hall–Kier alpha value is -1.20. The molecule has 19 heavy (non-hydrogen) atoms. The summed E-state index contributed by atoms with van der Waals surface area (Å²) < 4.78 is 0. The SMILES string of the molecule is CSC[C@@H](CCO)NC(=O)Nc1c(C)cccc1C. The summed E-state index contributed by atoms with van der Waals surface area (Å²) in [6, 6.07) is 5.68. The first kappa shape index (κ1) is 15.9. The van der Waals surface area contributed by atoms with Gasteiger partial charge in [-0.05, 0) is 37.7 Å². The summed E-state index contributed by atoms with van der Waals surface area (Å²) in [5.41, 5.74) is 2.93. The van der Waals surface area contributed by atoms with E-state index < -0.39 is 0 Å². The fourth-order valence-corrected chi connectivity index (χ4v) is 2.55. The van der Waals surface area contributed by atoms with Crippen LogP contribution in [0.4, 0.5) is 10.5 Å². The van der Waals surface area contributed by atoms with Crippen LogP contribution in [0.2, 0.25) is 0 Å². The standard InChI is InChI=1S/C14H22N2O2S/c1-10-5-4-6-11(2)13(10)16-14(18)15-12(7-8-17)9-19-3/h4-6,12,17H,7-9H2,1-3H3,(H2,15,16,18)/t12-/m1/s1. The number of thioether (sulfide) groups is 1. The van der Waals surface area contributed by atoms with Crippen molar-refractivity contribution in [1.82, 2.24) is 5.32 Å². The van der Waals surface area contributed by atoms with Crippen LogP contribution in [0, 0.1) is 13.8 Å². The van der Waals surface area contributed by atoms with E-state index in [1.807, 2.05) is 38.3 Å². The third kappa shape index (κ3) is 5.12. The fourth-order valence-electron chi connectivity index (χ4n) is 1.90. The molecule has 0 aliphatic carbocycles. The van der Waals surface area contributed by atoms with Crippen molar-refractivity contribution in [3.63, 3.8) is 0 Å². The topological polar surface area (TPSA) is 61.4 Å². The third-order valence-corrected chi connectivity index (χ3v) is 3.64. The molecule has 0 spiro atoms. The van der Waals surface area contributed by atoms with Crippen LogP contribution in [-0.2, 0) is 0 Å². The zero-order valence-corrected chi connectivity index (χ0v) is 12.5. The number of nitrogens with one attached hydrogen (secondary N) is 2. The van der Waals surface area contributed by atoms with Gasteiger partial charge in [0.2, 0.25) is 0 Å². The highest BCUT2D eigenvalue weighted by Crippen LogP contribution is 2.19. The summed E-state index contributed by atoms with van der Waals surface area (Å²) in [6.45, 7) is 4.01. The predicted octanol–water partition coefficient (Wildman–Crippen LogP) is 2.54. The Bertz CT molecular complexity index is 398. The lowest BCUT2D eigenvalue weighted by Crippen LogP contribution is -2.40. The number of aliphatic hydroxyl groups excluding tert-OH is 1. The van der Waals surface area contributed by atoms with Gasteiger partial charge >= 0.3 is 6.03 Å². The average Bonchev–Trinajstić information content (AvgIpc) is 2.35. The monoisotopic (exact) mass is 282 g/mol. The Kier molecular flexibility index (Phi) is 6.73. The maximum absolute atomic E-state index is 12.0. The summed E-state index contributed by atoms with van der Waals surface area (Å²) in [5, 5.41) is 14.7. The molecule has 5 heteroatoms. The Morgan fingerprint density at radius 2 is 2.00 bits per heavy atom. The average molecular weight is 282 g/mol. The van der Waals surface area contributed by atoms with E-state index in [9.17, 15) is 4.79 Å². The molecular formula is C14H22N2O2S. The molecule has 0 aromatic heterocycles. The molecule has 0 unspecified atom stereocenters. The molecule has 1 rings (SSSR count). The molecule has 0 saturated heterocycles. The molecule has 0 aliphatic heterocycles. The van der Waals surface area contributed by atoms with Gasteiger partial charge in [0.05, 0.1) is 0 Å². The molecule has 0 fully saturated rings. The lowest BCUT2D eigenvalue weighted by atomic mass is 10.1. The van der Waals surface area contributed by atoms with Crippen LogP contribution >= 0.6 is 11.8 Å². The molecule has 1 atom stereocenters. The van der Waals surface area contributed by atoms with Crippen LogP contribution < -0.4 is 10.6 Å². The van der Waals surface area contributed by atoms with E-state index >= 15 is 0 Å². The number of carbonyl (C=O) groups is 1. The van der Waals surface area contributed by atoms with Gasteiger partial charge in [-0.3, -0.25) is 0 Å². The molecule has 106 valence electrons. The second-order valence-electron chi connectivity index (χ2n) is 4.53. The quantitative estimate of drug-likeness (QED) is 0.751. The molecule has 0 bridgehead atoms. The second kappa shape index (κ2) is 8.07. The van der Waals surface area contributed by atoms with Gasteiger partial charge in [-0.1, -0.05) is 18.2 Å². The van der Waals surface area contributed by atoms with E-state index in [2.05, 4.69) is 10.6 Å². The van der Waals surface area contributed by atoms with Gasteiger partial charge in [0, 0.05) is 24.1 Å². The van der Waals surface area contributed by atoms with E-state index in [0.717, 1.165) is 22.6 Å². The summed E-state index contributed by atoms with van der Waals surface area (Å²) >= 11 is 1.65. The number of aryl methyl sites for hydroxylation is 2. The zero-order valence-electron chi connectivity index (χ0n) is 11.7. The Morgan fingerprint density at radius 3 is 2.53 bits per heavy atom. The van der Waals surface area contributed by atoms with Crippen molar-refractivity contribution in [2.45, 2.75) is 26.3 Å². The first-order valence-corrected chi connectivity index (χ1v) is 7.71. The number of urea groups is 1. The smallest absolute Gasteiger partial charge is 0.319 e. The van der Waals surface area contributed by atoms with Crippen molar-refractivity contribution in [3.8, 4) is 0 Å². The van der Waals surface area contributed by atoms with Crippen molar-refractivity contribution in [2.24, 2.45) is 0 Å². The molecule has 1 aromatic carbocycles. The van der Waals surface area contributed by atoms with Crippen LogP contribution in [0.15, 0.2) is 18.2 Å². The lowest BCUT2D eigenvalue weighted by Gasteiger charge is -2.18. The van der Waals surface area contributed by atoms with Gasteiger partial charge < -0.3 is 15.7 Å². The minimum Gasteiger partial charge on any atom is -0.396 e. The largest absolute Gasteiger partial charge is 0.396 e. The Labute approximate surface area is 119 Å². The first-order chi connectivity index (χ1) is 9.08. The maximum Gasteiger partial charge on any atom is 0.319 e. The molecule has 4 nitrogen and oxygen atoms in total. The number of amides is 2. The van der Waals surface area contributed by atoms with Crippen LogP contribution in [0.5, 0.6) is 0 Å². The second-order valence-corrected chi connectivity index (χ2v) is 5.44. The molecule has 0 saturated carbocycles. The number of aliphatic hydroxyl groups is 1. The summed E-state index contributed by atoms with van der Waals surface area (Å²) in [6.07, 6.45) is 2.55.